The molecule has 0 saturated carbocycles. The maximum atomic E-state index is 14.6. The average molecular weight is 362 g/mol. The van der Waals surface area contributed by atoms with Gasteiger partial charge in [-0.25, -0.2) is 9.37 Å². The van der Waals surface area contributed by atoms with E-state index in [4.69, 9.17) is 4.74 Å². The van der Waals surface area contributed by atoms with Crippen molar-refractivity contribution < 1.29 is 9.13 Å². The molecule has 1 saturated heterocycles. The molecule has 0 spiro atoms. The quantitative estimate of drug-likeness (QED) is 0.855. The zero-order valence-corrected chi connectivity index (χ0v) is 15.7. The molecule has 0 amide bonds. The van der Waals surface area contributed by atoms with E-state index < -0.39 is 5.82 Å². The first kappa shape index (κ1) is 18.8. The number of hydrogen-bond donors (Lipinski definition) is 1. The largest absolute Gasteiger partial charge is 0.497 e. The highest BCUT2D eigenvalue weighted by molar-refractivity contribution is 5.80. The Kier molecular flexibility index (Phi) is 5.88. The number of piperazine rings is 1. The summed E-state index contributed by atoms with van der Waals surface area (Å²) in [5, 5.41) is 3.62. The Bertz CT molecular complexity index is 830. The number of fused-ring (bicyclic) bond motifs is 1. The van der Waals surface area contributed by atoms with Crippen LogP contribution in [-0.4, -0.2) is 47.7 Å². The molecule has 1 atom stereocenters. The van der Waals surface area contributed by atoms with Crippen LogP contribution in [0.1, 0.15) is 38.6 Å². The average Bonchev–Trinajstić information content (AvgIpc) is 2.67. The molecule has 7 heteroatoms. The molecule has 1 aromatic heterocycles. The number of rotatable bonds is 6. The summed E-state index contributed by atoms with van der Waals surface area (Å²) >= 11 is 0. The van der Waals surface area contributed by atoms with Crippen molar-refractivity contribution in [2.75, 3.05) is 33.3 Å². The number of nitrogens with zero attached hydrogens (tertiary/aromatic N) is 3. The maximum Gasteiger partial charge on any atom is 0.261 e. The normalized spacial score (nSPS) is 16.8. The SMILES string of the molecule is CCC[C@@H](c1nc2c(F)cc(OC)cc2c(=O)n1CC)N1CCNCC1. The van der Waals surface area contributed by atoms with E-state index in [0.717, 1.165) is 39.0 Å². The third-order valence-corrected chi connectivity index (χ3v) is 5.02. The van der Waals surface area contributed by atoms with E-state index in [1.807, 2.05) is 6.92 Å². The molecule has 1 aliphatic heterocycles. The summed E-state index contributed by atoms with van der Waals surface area (Å²) in [6.07, 6.45) is 1.85. The maximum absolute atomic E-state index is 14.6. The Hall–Kier alpha value is -1.99. The number of ether oxygens (including phenoxy) is 1. The minimum absolute atomic E-state index is 0.0145. The summed E-state index contributed by atoms with van der Waals surface area (Å²) in [5.41, 5.74) is -0.0757. The van der Waals surface area contributed by atoms with Crippen LogP contribution in [0, 0.1) is 5.82 Å². The Morgan fingerprint density at radius 3 is 2.65 bits per heavy atom. The Morgan fingerprint density at radius 2 is 2.04 bits per heavy atom. The van der Waals surface area contributed by atoms with Crippen molar-refractivity contribution in [2.45, 2.75) is 39.3 Å². The second kappa shape index (κ2) is 8.14. The lowest BCUT2D eigenvalue weighted by Gasteiger charge is -2.35. The van der Waals surface area contributed by atoms with Gasteiger partial charge in [0.2, 0.25) is 0 Å². The summed E-state index contributed by atoms with van der Waals surface area (Å²) < 4.78 is 21.4. The van der Waals surface area contributed by atoms with Gasteiger partial charge in [0.1, 0.15) is 17.1 Å². The molecule has 6 nitrogen and oxygen atoms in total. The van der Waals surface area contributed by atoms with Crippen LogP contribution in [0.15, 0.2) is 16.9 Å². The van der Waals surface area contributed by atoms with Gasteiger partial charge >= 0.3 is 0 Å². The predicted octanol–water partition coefficient (Wildman–Crippen LogP) is 2.31. The molecule has 1 aliphatic rings. The predicted molar refractivity (Wildman–Crippen MR) is 100 cm³/mol. The summed E-state index contributed by atoms with van der Waals surface area (Å²) in [7, 11) is 1.46. The second-order valence-electron chi connectivity index (χ2n) is 6.62. The number of hydrogen-bond acceptors (Lipinski definition) is 5. The first-order valence-corrected chi connectivity index (χ1v) is 9.33. The molecule has 1 aromatic carbocycles. The highest BCUT2D eigenvalue weighted by Gasteiger charge is 2.27. The standard InChI is InChI=1S/C19H27FN4O2/c1-4-6-16(23-9-7-21-8-10-23)18-22-17-14(19(25)24(18)5-2)11-13(26-3)12-15(17)20/h11-12,16,21H,4-10H2,1-3H3/t16-/m0/s1. The fraction of sp³-hybridized carbons (Fsp3) is 0.579. The van der Waals surface area contributed by atoms with E-state index in [9.17, 15) is 9.18 Å². The van der Waals surface area contributed by atoms with Crippen molar-refractivity contribution in [2.24, 2.45) is 0 Å². The molecular weight excluding hydrogens is 335 g/mol. The van der Waals surface area contributed by atoms with E-state index in [2.05, 4.69) is 22.1 Å². The summed E-state index contributed by atoms with van der Waals surface area (Å²) in [4.78, 5) is 20.1. The molecular formula is C19H27FN4O2. The highest BCUT2D eigenvalue weighted by atomic mass is 19.1. The van der Waals surface area contributed by atoms with E-state index in [1.165, 1.54) is 13.2 Å². The molecule has 0 bridgehead atoms. The minimum atomic E-state index is -0.517. The summed E-state index contributed by atoms with van der Waals surface area (Å²) in [6, 6.07) is 2.87. The Morgan fingerprint density at radius 1 is 1.31 bits per heavy atom. The van der Waals surface area contributed by atoms with Crippen molar-refractivity contribution in [3.8, 4) is 5.75 Å². The van der Waals surface area contributed by atoms with Crippen molar-refractivity contribution in [3.63, 3.8) is 0 Å². The van der Waals surface area contributed by atoms with Crippen LogP contribution in [-0.2, 0) is 6.54 Å². The molecule has 1 N–H and O–H groups in total. The monoisotopic (exact) mass is 362 g/mol. The lowest BCUT2D eigenvalue weighted by atomic mass is 10.1. The third-order valence-electron chi connectivity index (χ3n) is 5.02. The second-order valence-corrected chi connectivity index (χ2v) is 6.62. The summed E-state index contributed by atoms with van der Waals surface area (Å²) in [6.45, 7) is 8.17. The lowest BCUT2D eigenvalue weighted by molar-refractivity contribution is 0.154. The molecule has 3 rings (SSSR count). The van der Waals surface area contributed by atoms with Gasteiger partial charge in [-0.1, -0.05) is 13.3 Å². The van der Waals surface area contributed by atoms with Crippen LogP contribution in [0.25, 0.3) is 10.9 Å². The van der Waals surface area contributed by atoms with Gasteiger partial charge in [-0.2, -0.15) is 0 Å². The smallest absolute Gasteiger partial charge is 0.261 e. The number of methoxy groups -OCH3 is 1. The molecule has 2 aromatic rings. The van der Waals surface area contributed by atoms with Gasteiger partial charge in [-0.3, -0.25) is 14.3 Å². The van der Waals surface area contributed by atoms with Crippen LogP contribution < -0.4 is 15.6 Å². The van der Waals surface area contributed by atoms with Crippen LogP contribution in [0.4, 0.5) is 4.39 Å². The molecule has 0 unspecified atom stereocenters. The van der Waals surface area contributed by atoms with Gasteiger partial charge in [0.05, 0.1) is 18.5 Å². The van der Waals surface area contributed by atoms with Crippen molar-refractivity contribution in [1.29, 1.82) is 0 Å². The first-order chi connectivity index (χ1) is 12.6. The number of halogens is 1. The van der Waals surface area contributed by atoms with Crippen molar-refractivity contribution in [3.05, 3.63) is 34.1 Å². The van der Waals surface area contributed by atoms with Gasteiger partial charge in [-0.05, 0) is 19.4 Å². The molecule has 0 radical (unpaired) electrons. The molecule has 26 heavy (non-hydrogen) atoms. The molecule has 2 heterocycles. The van der Waals surface area contributed by atoms with E-state index in [0.29, 0.717) is 18.1 Å². The first-order valence-electron chi connectivity index (χ1n) is 9.33. The lowest BCUT2D eigenvalue weighted by Crippen LogP contribution is -2.46. The number of nitrogens with one attached hydrogen (secondary N) is 1. The van der Waals surface area contributed by atoms with Crippen LogP contribution in [0.5, 0.6) is 5.75 Å². The van der Waals surface area contributed by atoms with Crippen LogP contribution >= 0.6 is 0 Å². The zero-order valence-electron chi connectivity index (χ0n) is 15.7. The van der Waals surface area contributed by atoms with Gasteiger partial charge in [0, 0.05) is 38.8 Å². The van der Waals surface area contributed by atoms with Crippen LogP contribution in [0.2, 0.25) is 0 Å². The van der Waals surface area contributed by atoms with Gasteiger partial charge in [-0.15, -0.1) is 0 Å². The van der Waals surface area contributed by atoms with Gasteiger partial charge in [0.15, 0.2) is 5.82 Å². The Labute approximate surface area is 153 Å². The summed E-state index contributed by atoms with van der Waals surface area (Å²) in [5.74, 6) is 0.478. The van der Waals surface area contributed by atoms with Gasteiger partial charge < -0.3 is 10.1 Å². The zero-order chi connectivity index (χ0) is 18.7. The van der Waals surface area contributed by atoms with E-state index >= 15 is 0 Å². The van der Waals surface area contributed by atoms with Crippen molar-refractivity contribution in [1.82, 2.24) is 19.8 Å². The fourth-order valence-electron chi connectivity index (χ4n) is 3.70. The third kappa shape index (κ3) is 3.46. The highest BCUT2D eigenvalue weighted by Crippen LogP contribution is 2.27. The minimum Gasteiger partial charge on any atom is -0.497 e. The number of benzene rings is 1. The molecule has 142 valence electrons. The molecule has 0 aliphatic carbocycles. The van der Waals surface area contributed by atoms with Gasteiger partial charge in [0.25, 0.3) is 5.56 Å². The van der Waals surface area contributed by atoms with E-state index in [-0.39, 0.29) is 22.5 Å². The number of aromatic nitrogens is 2. The fourth-order valence-corrected chi connectivity index (χ4v) is 3.70. The van der Waals surface area contributed by atoms with Crippen molar-refractivity contribution >= 4 is 10.9 Å². The topological polar surface area (TPSA) is 59.4 Å². The van der Waals surface area contributed by atoms with Crippen LogP contribution in [0.3, 0.4) is 0 Å². The van der Waals surface area contributed by atoms with E-state index in [1.54, 1.807) is 10.6 Å². The Balaban J connectivity index is 2.19. The molecule has 1 fully saturated rings.